The molecule has 1 unspecified atom stereocenters. The van der Waals surface area contributed by atoms with Crippen LogP contribution in [0.15, 0.2) is 28.3 Å². The molecule has 2 aromatic heterocycles. The van der Waals surface area contributed by atoms with Crippen molar-refractivity contribution in [1.82, 2.24) is 15.3 Å². The number of carbonyl (C=O) groups excluding carboxylic acids is 1. The lowest BCUT2D eigenvalue weighted by atomic mass is 10.2. The van der Waals surface area contributed by atoms with Crippen LogP contribution in [0.25, 0.3) is 10.2 Å². The molecule has 0 saturated heterocycles. The Morgan fingerprint density at radius 3 is 2.93 bits per heavy atom. The van der Waals surface area contributed by atoms with Crippen molar-refractivity contribution in [2.75, 3.05) is 11.9 Å². The zero-order valence-electron chi connectivity index (χ0n) is 15.0. The Kier molecular flexibility index (Phi) is 5.91. The SMILES string of the molecule is CC(=O)NCC(C)Oc1cc(F)ccc1Nc1ncnc2sc(Br)c(C)c12. The fourth-order valence-electron chi connectivity index (χ4n) is 2.51. The Hall–Kier alpha value is -2.26. The van der Waals surface area contributed by atoms with Crippen LogP contribution in [0.5, 0.6) is 5.75 Å². The highest BCUT2D eigenvalue weighted by atomic mass is 79.9. The number of anilines is 2. The van der Waals surface area contributed by atoms with Crippen molar-refractivity contribution in [1.29, 1.82) is 0 Å². The maximum absolute atomic E-state index is 13.8. The topological polar surface area (TPSA) is 76.1 Å². The first-order valence-electron chi connectivity index (χ1n) is 8.22. The molecule has 2 N–H and O–H groups in total. The predicted octanol–water partition coefficient (Wildman–Crippen LogP) is 4.55. The lowest BCUT2D eigenvalue weighted by Gasteiger charge is -2.18. The third-order valence-corrected chi connectivity index (χ3v) is 5.90. The van der Waals surface area contributed by atoms with Gasteiger partial charge in [-0.05, 0) is 47.5 Å². The largest absolute Gasteiger partial charge is 0.487 e. The van der Waals surface area contributed by atoms with Gasteiger partial charge in [-0.2, -0.15) is 0 Å². The highest BCUT2D eigenvalue weighted by molar-refractivity contribution is 9.11. The highest BCUT2D eigenvalue weighted by Gasteiger charge is 2.16. The Labute approximate surface area is 168 Å². The monoisotopic (exact) mass is 452 g/mol. The molecule has 6 nitrogen and oxygen atoms in total. The minimum atomic E-state index is -0.412. The molecule has 0 radical (unpaired) electrons. The highest BCUT2D eigenvalue weighted by Crippen LogP contribution is 2.38. The zero-order valence-corrected chi connectivity index (χ0v) is 17.4. The number of aryl methyl sites for hydroxylation is 1. The maximum atomic E-state index is 13.8. The van der Waals surface area contributed by atoms with Crippen molar-refractivity contribution >= 4 is 54.9 Å². The fraction of sp³-hybridized carbons (Fsp3) is 0.278. The van der Waals surface area contributed by atoms with Crippen molar-refractivity contribution in [3.63, 3.8) is 0 Å². The third kappa shape index (κ3) is 4.54. The Balaban J connectivity index is 1.91. The molecule has 0 aliphatic carbocycles. The number of aromatic nitrogens is 2. The van der Waals surface area contributed by atoms with Gasteiger partial charge in [0.2, 0.25) is 5.91 Å². The quantitative estimate of drug-likeness (QED) is 0.573. The number of ether oxygens (including phenoxy) is 1. The molecule has 0 bridgehead atoms. The van der Waals surface area contributed by atoms with E-state index in [4.69, 9.17) is 4.74 Å². The van der Waals surface area contributed by atoms with Gasteiger partial charge in [0, 0.05) is 13.0 Å². The molecule has 0 spiro atoms. The average Bonchev–Trinajstić information content (AvgIpc) is 2.91. The van der Waals surface area contributed by atoms with E-state index in [-0.39, 0.29) is 12.0 Å². The number of rotatable bonds is 6. The summed E-state index contributed by atoms with van der Waals surface area (Å²) in [6.45, 7) is 5.53. The molecule has 0 aliphatic rings. The number of amides is 1. The van der Waals surface area contributed by atoms with Crippen molar-refractivity contribution < 1.29 is 13.9 Å². The molecule has 2 heterocycles. The lowest BCUT2D eigenvalue weighted by Crippen LogP contribution is -2.32. The van der Waals surface area contributed by atoms with Gasteiger partial charge in [-0.1, -0.05) is 0 Å². The number of hydrogen-bond donors (Lipinski definition) is 2. The maximum Gasteiger partial charge on any atom is 0.217 e. The van der Waals surface area contributed by atoms with Crippen LogP contribution in [-0.4, -0.2) is 28.5 Å². The van der Waals surface area contributed by atoms with Crippen molar-refractivity contribution in [3.8, 4) is 5.75 Å². The normalized spacial score (nSPS) is 12.0. The number of halogens is 2. The lowest BCUT2D eigenvalue weighted by molar-refractivity contribution is -0.119. The van der Waals surface area contributed by atoms with Crippen molar-refractivity contribution in [2.45, 2.75) is 26.9 Å². The molecule has 0 saturated carbocycles. The van der Waals surface area contributed by atoms with Crippen LogP contribution in [0.2, 0.25) is 0 Å². The van der Waals surface area contributed by atoms with Crippen LogP contribution in [0.1, 0.15) is 19.4 Å². The van der Waals surface area contributed by atoms with Gasteiger partial charge in [0.1, 0.15) is 34.6 Å². The number of fused-ring (bicyclic) bond motifs is 1. The summed E-state index contributed by atoms with van der Waals surface area (Å²) in [6, 6.07) is 4.25. The molecule has 1 amide bonds. The van der Waals surface area contributed by atoms with E-state index in [1.165, 1.54) is 36.7 Å². The van der Waals surface area contributed by atoms with Crippen LogP contribution in [0.4, 0.5) is 15.9 Å². The van der Waals surface area contributed by atoms with Gasteiger partial charge in [-0.15, -0.1) is 11.3 Å². The van der Waals surface area contributed by atoms with E-state index < -0.39 is 5.82 Å². The summed E-state index contributed by atoms with van der Waals surface area (Å²) in [6.07, 6.45) is 1.15. The number of nitrogens with zero attached hydrogens (tertiary/aromatic N) is 2. The van der Waals surface area contributed by atoms with Gasteiger partial charge >= 0.3 is 0 Å². The molecule has 1 atom stereocenters. The fourth-order valence-corrected chi connectivity index (χ4v) is 4.04. The van der Waals surface area contributed by atoms with E-state index in [0.29, 0.717) is 23.8 Å². The molecule has 3 rings (SSSR count). The van der Waals surface area contributed by atoms with Crippen LogP contribution in [0, 0.1) is 12.7 Å². The molecular weight excluding hydrogens is 435 g/mol. The van der Waals surface area contributed by atoms with Crippen molar-refractivity contribution in [3.05, 3.63) is 39.7 Å². The second-order valence-electron chi connectivity index (χ2n) is 6.03. The van der Waals surface area contributed by atoms with Crippen LogP contribution in [0.3, 0.4) is 0 Å². The molecule has 142 valence electrons. The van der Waals surface area contributed by atoms with Crippen LogP contribution < -0.4 is 15.4 Å². The van der Waals surface area contributed by atoms with Gasteiger partial charge in [-0.3, -0.25) is 4.79 Å². The van der Waals surface area contributed by atoms with E-state index in [1.54, 1.807) is 13.0 Å². The Bertz CT molecular complexity index is 995. The molecule has 0 fully saturated rings. The second kappa shape index (κ2) is 8.18. The van der Waals surface area contributed by atoms with Crippen molar-refractivity contribution in [2.24, 2.45) is 0 Å². The number of nitrogens with one attached hydrogen (secondary N) is 2. The number of thiophene rings is 1. The average molecular weight is 453 g/mol. The molecule has 1 aromatic carbocycles. The predicted molar refractivity (Wildman–Crippen MR) is 108 cm³/mol. The summed E-state index contributed by atoms with van der Waals surface area (Å²) in [7, 11) is 0. The second-order valence-corrected chi connectivity index (χ2v) is 8.35. The smallest absolute Gasteiger partial charge is 0.217 e. The van der Waals surface area contributed by atoms with Gasteiger partial charge in [0.15, 0.2) is 0 Å². The van der Waals surface area contributed by atoms with E-state index in [9.17, 15) is 9.18 Å². The first-order valence-corrected chi connectivity index (χ1v) is 9.83. The van der Waals surface area contributed by atoms with Crippen LogP contribution >= 0.6 is 27.3 Å². The first kappa shape index (κ1) is 19.5. The van der Waals surface area contributed by atoms with E-state index in [0.717, 1.165) is 19.6 Å². The van der Waals surface area contributed by atoms with E-state index >= 15 is 0 Å². The van der Waals surface area contributed by atoms with Gasteiger partial charge in [0.05, 0.1) is 21.4 Å². The Morgan fingerprint density at radius 2 is 2.19 bits per heavy atom. The van der Waals surface area contributed by atoms with E-state index in [2.05, 4.69) is 36.5 Å². The Morgan fingerprint density at radius 1 is 1.41 bits per heavy atom. The number of carbonyl (C=O) groups is 1. The molecular formula is C18H18BrFN4O2S. The van der Waals surface area contributed by atoms with Gasteiger partial charge in [-0.25, -0.2) is 14.4 Å². The number of hydrogen-bond acceptors (Lipinski definition) is 6. The molecule has 27 heavy (non-hydrogen) atoms. The standard InChI is InChI=1S/C18H18BrFN4O2S/c1-9(7-21-11(3)25)26-14-6-12(20)4-5-13(14)24-17-15-10(2)16(19)27-18(15)23-8-22-17/h4-6,8-9H,7H2,1-3H3,(H,21,25)(H,22,23,24). The summed E-state index contributed by atoms with van der Waals surface area (Å²) in [4.78, 5) is 20.5. The summed E-state index contributed by atoms with van der Waals surface area (Å²) in [5, 5.41) is 6.80. The van der Waals surface area contributed by atoms with Crippen LogP contribution in [-0.2, 0) is 4.79 Å². The summed E-state index contributed by atoms with van der Waals surface area (Å²) < 4.78 is 20.6. The first-order chi connectivity index (χ1) is 12.8. The number of benzene rings is 1. The molecule has 9 heteroatoms. The van der Waals surface area contributed by atoms with Gasteiger partial charge in [0.25, 0.3) is 0 Å². The minimum absolute atomic E-state index is 0.148. The zero-order chi connectivity index (χ0) is 19.6. The summed E-state index contributed by atoms with van der Waals surface area (Å²) in [5.74, 6) is 0.395. The summed E-state index contributed by atoms with van der Waals surface area (Å²) >= 11 is 5.05. The minimum Gasteiger partial charge on any atom is -0.487 e. The summed E-state index contributed by atoms with van der Waals surface area (Å²) in [5.41, 5.74) is 1.61. The van der Waals surface area contributed by atoms with E-state index in [1.807, 2.05) is 6.92 Å². The third-order valence-electron chi connectivity index (χ3n) is 3.83. The molecule has 3 aromatic rings. The molecule has 0 aliphatic heterocycles. The van der Waals surface area contributed by atoms with Gasteiger partial charge < -0.3 is 15.4 Å².